The number of Topliss-reactive ketones (excluding diaryl/α,β-unsaturated/α-hetero) is 1. The smallest absolute Gasteiger partial charge is 0.288 e. The van der Waals surface area contributed by atoms with Crippen LogP contribution < -0.4 is 0 Å². The SMILES string of the molecule is CCC(C)(C)C(=O)C(=O)N1CCCN1C(=O)CCCCc1ccccc1. The quantitative estimate of drug-likeness (QED) is 0.529. The number of carbonyl (C=O) groups is 3. The van der Waals surface area contributed by atoms with Gasteiger partial charge in [-0.2, -0.15) is 0 Å². The Kier molecular flexibility index (Phi) is 6.95. The van der Waals surface area contributed by atoms with Gasteiger partial charge < -0.3 is 0 Å². The Bertz CT molecular complexity index is 640. The largest absolute Gasteiger partial charge is 0.309 e. The van der Waals surface area contributed by atoms with E-state index in [4.69, 9.17) is 0 Å². The fraction of sp³-hybridized carbons (Fsp3) is 0.571. The summed E-state index contributed by atoms with van der Waals surface area (Å²) in [6.45, 7) is 6.41. The Balaban J connectivity index is 1.85. The van der Waals surface area contributed by atoms with Crippen LogP contribution in [0, 0.1) is 5.41 Å². The van der Waals surface area contributed by atoms with Gasteiger partial charge in [0, 0.05) is 24.9 Å². The number of benzene rings is 1. The molecular formula is C21H30N2O3. The second-order valence-electron chi connectivity index (χ2n) is 7.56. The first-order chi connectivity index (χ1) is 12.4. The molecule has 5 nitrogen and oxygen atoms in total. The average molecular weight is 358 g/mol. The van der Waals surface area contributed by atoms with Crippen molar-refractivity contribution in [2.75, 3.05) is 13.1 Å². The third-order valence-corrected chi connectivity index (χ3v) is 5.20. The molecule has 0 unspecified atom stereocenters. The van der Waals surface area contributed by atoms with Gasteiger partial charge in [0.25, 0.3) is 0 Å². The van der Waals surface area contributed by atoms with E-state index in [1.165, 1.54) is 15.6 Å². The van der Waals surface area contributed by atoms with Gasteiger partial charge in [-0.1, -0.05) is 51.1 Å². The minimum atomic E-state index is -0.690. The normalized spacial score (nSPS) is 14.6. The molecule has 0 spiro atoms. The van der Waals surface area contributed by atoms with Gasteiger partial charge in [0.2, 0.25) is 11.7 Å². The zero-order valence-corrected chi connectivity index (χ0v) is 16.2. The summed E-state index contributed by atoms with van der Waals surface area (Å²) in [4.78, 5) is 37.5. The van der Waals surface area contributed by atoms with Crippen molar-refractivity contribution in [3.63, 3.8) is 0 Å². The Labute approximate surface area is 156 Å². The Hall–Kier alpha value is -2.17. The minimum Gasteiger partial charge on any atom is -0.288 e. The minimum absolute atomic E-state index is 0.0639. The first-order valence-electron chi connectivity index (χ1n) is 9.57. The monoisotopic (exact) mass is 358 g/mol. The first kappa shape index (κ1) is 20.1. The zero-order chi connectivity index (χ0) is 19.2. The van der Waals surface area contributed by atoms with Crippen LogP contribution in [0.4, 0.5) is 0 Å². The molecular weight excluding hydrogens is 328 g/mol. The summed E-state index contributed by atoms with van der Waals surface area (Å²) in [7, 11) is 0. The van der Waals surface area contributed by atoms with E-state index in [0.29, 0.717) is 25.9 Å². The molecule has 1 saturated heterocycles. The van der Waals surface area contributed by atoms with E-state index in [1.54, 1.807) is 13.8 Å². The lowest BCUT2D eigenvalue weighted by molar-refractivity contribution is -0.164. The predicted octanol–water partition coefficient (Wildman–Crippen LogP) is 3.38. The van der Waals surface area contributed by atoms with E-state index in [9.17, 15) is 14.4 Å². The lowest BCUT2D eigenvalue weighted by Gasteiger charge is -2.30. The van der Waals surface area contributed by atoms with Gasteiger partial charge in [-0.25, -0.2) is 5.01 Å². The van der Waals surface area contributed by atoms with Gasteiger partial charge >= 0.3 is 5.91 Å². The molecule has 0 bridgehead atoms. The lowest BCUT2D eigenvalue weighted by atomic mass is 9.85. The molecule has 26 heavy (non-hydrogen) atoms. The maximum absolute atomic E-state index is 12.6. The molecule has 1 aromatic carbocycles. The standard InChI is InChI=1S/C21H30N2O3/c1-4-21(2,3)19(25)20(26)23-16-10-15-22(23)18(24)14-9-8-13-17-11-6-5-7-12-17/h5-7,11-12H,4,8-10,13-16H2,1-3H3. The second kappa shape index (κ2) is 8.97. The van der Waals surface area contributed by atoms with Crippen molar-refractivity contribution >= 4 is 17.6 Å². The molecule has 1 fully saturated rings. The number of hydrazine groups is 1. The van der Waals surface area contributed by atoms with Crippen molar-refractivity contribution in [1.82, 2.24) is 10.0 Å². The number of hydrogen-bond acceptors (Lipinski definition) is 3. The van der Waals surface area contributed by atoms with Gasteiger partial charge in [0.1, 0.15) is 0 Å². The lowest BCUT2D eigenvalue weighted by Crippen LogP contribution is -2.50. The van der Waals surface area contributed by atoms with E-state index in [1.807, 2.05) is 25.1 Å². The summed E-state index contributed by atoms with van der Waals surface area (Å²) in [5.74, 6) is -1.03. The Morgan fingerprint density at radius 2 is 1.65 bits per heavy atom. The van der Waals surface area contributed by atoms with Crippen LogP contribution in [-0.4, -0.2) is 40.7 Å². The predicted molar refractivity (Wildman–Crippen MR) is 101 cm³/mol. The van der Waals surface area contributed by atoms with Crippen molar-refractivity contribution in [2.24, 2.45) is 5.41 Å². The van der Waals surface area contributed by atoms with Crippen LogP contribution in [0.3, 0.4) is 0 Å². The fourth-order valence-electron chi connectivity index (χ4n) is 3.03. The van der Waals surface area contributed by atoms with Crippen molar-refractivity contribution < 1.29 is 14.4 Å². The number of hydrogen-bond donors (Lipinski definition) is 0. The van der Waals surface area contributed by atoms with Crippen LogP contribution in [0.1, 0.15) is 58.4 Å². The summed E-state index contributed by atoms with van der Waals surface area (Å²) in [5, 5.41) is 2.84. The van der Waals surface area contributed by atoms with Crippen LogP contribution in [-0.2, 0) is 20.8 Å². The molecule has 0 aromatic heterocycles. The van der Waals surface area contributed by atoms with E-state index < -0.39 is 17.1 Å². The van der Waals surface area contributed by atoms with Crippen molar-refractivity contribution in [3.05, 3.63) is 35.9 Å². The summed E-state index contributed by atoms with van der Waals surface area (Å²) >= 11 is 0. The summed E-state index contributed by atoms with van der Waals surface area (Å²) in [5.41, 5.74) is 0.578. The van der Waals surface area contributed by atoms with E-state index in [2.05, 4.69) is 12.1 Å². The van der Waals surface area contributed by atoms with Crippen LogP contribution in [0.25, 0.3) is 0 Å². The number of amides is 2. The Morgan fingerprint density at radius 1 is 1.00 bits per heavy atom. The van der Waals surface area contributed by atoms with Gasteiger partial charge in [-0.15, -0.1) is 0 Å². The number of rotatable bonds is 8. The molecule has 1 heterocycles. The molecule has 0 saturated carbocycles. The molecule has 5 heteroatoms. The highest BCUT2D eigenvalue weighted by atomic mass is 16.2. The van der Waals surface area contributed by atoms with Crippen molar-refractivity contribution in [2.45, 2.75) is 59.3 Å². The molecule has 2 amide bonds. The van der Waals surface area contributed by atoms with Crippen LogP contribution in [0.2, 0.25) is 0 Å². The van der Waals surface area contributed by atoms with Crippen LogP contribution >= 0.6 is 0 Å². The maximum atomic E-state index is 12.6. The first-order valence-corrected chi connectivity index (χ1v) is 9.57. The average Bonchev–Trinajstić information content (AvgIpc) is 3.14. The van der Waals surface area contributed by atoms with Gasteiger partial charge in [0.15, 0.2) is 0 Å². The molecule has 0 N–H and O–H groups in total. The highest BCUT2D eigenvalue weighted by Gasteiger charge is 2.39. The zero-order valence-electron chi connectivity index (χ0n) is 16.2. The van der Waals surface area contributed by atoms with E-state index >= 15 is 0 Å². The number of aryl methyl sites for hydroxylation is 1. The van der Waals surface area contributed by atoms with Gasteiger partial charge in [0.05, 0.1) is 0 Å². The maximum Gasteiger partial charge on any atom is 0.309 e. The number of nitrogens with zero attached hydrogens (tertiary/aromatic N) is 2. The van der Waals surface area contributed by atoms with Gasteiger partial charge in [-0.3, -0.25) is 19.4 Å². The van der Waals surface area contributed by atoms with Crippen molar-refractivity contribution in [3.8, 4) is 0 Å². The van der Waals surface area contributed by atoms with E-state index in [-0.39, 0.29) is 5.91 Å². The Morgan fingerprint density at radius 3 is 2.31 bits per heavy atom. The summed E-state index contributed by atoms with van der Waals surface area (Å²) < 4.78 is 0. The highest BCUT2D eigenvalue weighted by molar-refractivity contribution is 6.38. The third kappa shape index (κ3) is 4.93. The fourth-order valence-corrected chi connectivity index (χ4v) is 3.03. The summed E-state index contributed by atoms with van der Waals surface area (Å²) in [6.07, 6.45) is 4.38. The molecule has 0 aliphatic carbocycles. The number of carbonyl (C=O) groups excluding carboxylic acids is 3. The molecule has 2 rings (SSSR count). The van der Waals surface area contributed by atoms with Crippen molar-refractivity contribution in [1.29, 1.82) is 0 Å². The number of unbranched alkanes of at least 4 members (excludes halogenated alkanes) is 1. The molecule has 1 aliphatic rings. The highest BCUT2D eigenvalue weighted by Crippen LogP contribution is 2.24. The van der Waals surface area contributed by atoms with Gasteiger partial charge in [-0.05, 0) is 37.7 Å². The number of ketones is 1. The summed E-state index contributed by atoms with van der Waals surface area (Å²) in [6, 6.07) is 10.2. The molecule has 0 radical (unpaired) electrons. The second-order valence-corrected chi connectivity index (χ2v) is 7.56. The molecule has 142 valence electrons. The van der Waals surface area contributed by atoms with Crippen LogP contribution in [0.15, 0.2) is 30.3 Å². The van der Waals surface area contributed by atoms with E-state index in [0.717, 1.165) is 25.7 Å². The van der Waals surface area contributed by atoms with Crippen LogP contribution in [0.5, 0.6) is 0 Å². The molecule has 1 aliphatic heterocycles. The molecule has 0 atom stereocenters. The third-order valence-electron chi connectivity index (χ3n) is 5.20. The molecule has 1 aromatic rings. The topological polar surface area (TPSA) is 57.7 Å².